The molecule has 214 valence electrons. The van der Waals surface area contributed by atoms with Crippen LogP contribution >= 0.6 is 0 Å². The number of aromatic hydroxyl groups is 1. The lowest BCUT2D eigenvalue weighted by atomic mass is 9.86. The molecule has 41 heavy (non-hydrogen) atoms. The zero-order valence-corrected chi connectivity index (χ0v) is 24.0. The van der Waals surface area contributed by atoms with Crippen LogP contribution in [0.2, 0.25) is 0 Å². The number of nitrogens with zero attached hydrogens (tertiary/aromatic N) is 3. The molecule has 2 aromatic heterocycles. The van der Waals surface area contributed by atoms with Crippen molar-refractivity contribution in [2.45, 2.75) is 70.8 Å². The molecule has 0 bridgehead atoms. The maximum atomic E-state index is 12.5. The lowest BCUT2D eigenvalue weighted by Crippen LogP contribution is -2.45. The number of phenols is 1. The van der Waals surface area contributed by atoms with Crippen molar-refractivity contribution in [3.05, 3.63) is 95.9 Å². The molecule has 0 spiro atoms. The van der Waals surface area contributed by atoms with Gasteiger partial charge in [-0.15, -0.1) is 0 Å². The maximum Gasteiger partial charge on any atom is 0.240 e. The Kier molecular flexibility index (Phi) is 9.55. The van der Waals surface area contributed by atoms with Gasteiger partial charge < -0.3 is 16.2 Å². The summed E-state index contributed by atoms with van der Waals surface area (Å²) >= 11 is 0. The highest BCUT2D eigenvalue weighted by Gasteiger charge is 2.19. The number of rotatable bonds is 12. The number of carbonyl (C=O) groups excluding carboxylic acids is 2. The molecule has 4 N–H and O–H groups in total. The third kappa shape index (κ3) is 8.03. The highest BCUT2D eigenvalue weighted by atomic mass is 16.3. The molecule has 8 nitrogen and oxygen atoms in total. The summed E-state index contributed by atoms with van der Waals surface area (Å²) in [4.78, 5) is 29.0. The number of hydrogen-bond acceptors (Lipinski definition) is 5. The molecule has 0 aliphatic rings. The summed E-state index contributed by atoms with van der Waals surface area (Å²) in [5, 5.41) is 16.8. The van der Waals surface area contributed by atoms with Gasteiger partial charge in [0.2, 0.25) is 11.8 Å². The number of aromatic nitrogens is 3. The third-order valence-corrected chi connectivity index (χ3v) is 7.16. The van der Waals surface area contributed by atoms with Gasteiger partial charge in [-0.2, -0.15) is 5.10 Å². The molecular weight excluding hydrogens is 514 g/mol. The van der Waals surface area contributed by atoms with Crippen LogP contribution in [-0.2, 0) is 27.8 Å². The van der Waals surface area contributed by atoms with E-state index in [-0.39, 0.29) is 23.5 Å². The molecule has 0 unspecified atom stereocenters. The first-order valence-corrected chi connectivity index (χ1v) is 14.1. The van der Waals surface area contributed by atoms with Gasteiger partial charge in [0.05, 0.1) is 0 Å². The Balaban J connectivity index is 1.31. The monoisotopic (exact) mass is 553 g/mol. The summed E-state index contributed by atoms with van der Waals surface area (Å²) in [6.07, 6.45) is 7.39. The van der Waals surface area contributed by atoms with Crippen LogP contribution in [0.15, 0.2) is 79.1 Å². The van der Waals surface area contributed by atoms with Crippen molar-refractivity contribution in [2.75, 3.05) is 0 Å². The fraction of sp³-hybridized carbons (Fsp3) is 0.333. The number of carbonyl (C=O) groups is 2. The third-order valence-electron chi connectivity index (χ3n) is 7.16. The number of primary amides is 1. The Labute approximate surface area is 241 Å². The van der Waals surface area contributed by atoms with Crippen molar-refractivity contribution in [1.82, 2.24) is 20.1 Å². The van der Waals surface area contributed by atoms with Gasteiger partial charge in [-0.05, 0) is 71.7 Å². The van der Waals surface area contributed by atoms with Gasteiger partial charge in [0.1, 0.15) is 11.8 Å². The summed E-state index contributed by atoms with van der Waals surface area (Å²) in [5.41, 5.74) is 10.9. The molecule has 0 aliphatic heterocycles. The largest absolute Gasteiger partial charge is 0.508 e. The van der Waals surface area contributed by atoms with E-state index in [0.29, 0.717) is 12.8 Å². The molecule has 0 saturated heterocycles. The van der Waals surface area contributed by atoms with Crippen LogP contribution in [0.1, 0.15) is 63.3 Å². The van der Waals surface area contributed by atoms with Crippen LogP contribution in [0, 0.1) is 0 Å². The summed E-state index contributed by atoms with van der Waals surface area (Å²) in [7, 11) is 0. The van der Waals surface area contributed by atoms with Crippen LogP contribution in [0.3, 0.4) is 0 Å². The standard InChI is InChI=1S/C33H39N5O3/c1-33(2,3)25-15-13-24(14-16-25)28-9-7-20-35-32(28)38-26(19-21-36-38)8-5-4-6-10-30(40)37-29(31(34)41)22-23-11-17-27(39)18-12-23/h7,9,11-21,29,39H,4-6,8,10,22H2,1-3H3,(H2,34,41)(H,37,40)/t29-/m0/s1. The van der Waals surface area contributed by atoms with Crippen LogP contribution in [0.25, 0.3) is 16.9 Å². The molecule has 2 amide bonds. The first-order valence-electron chi connectivity index (χ1n) is 14.1. The Morgan fingerprint density at radius 3 is 2.37 bits per heavy atom. The van der Waals surface area contributed by atoms with Crippen molar-refractivity contribution < 1.29 is 14.7 Å². The van der Waals surface area contributed by atoms with Gasteiger partial charge in [-0.25, -0.2) is 9.67 Å². The number of pyridine rings is 1. The molecule has 2 aromatic carbocycles. The minimum atomic E-state index is -0.793. The van der Waals surface area contributed by atoms with Gasteiger partial charge in [-0.3, -0.25) is 9.59 Å². The highest BCUT2D eigenvalue weighted by Crippen LogP contribution is 2.29. The molecule has 8 heteroatoms. The van der Waals surface area contributed by atoms with E-state index in [1.165, 1.54) is 5.56 Å². The number of aryl methyl sites for hydroxylation is 1. The SMILES string of the molecule is CC(C)(C)c1ccc(-c2cccnc2-n2nccc2CCCCCC(=O)N[C@@H](Cc2ccc(O)cc2)C(N)=O)cc1. The van der Waals surface area contributed by atoms with Crippen LogP contribution in [-0.4, -0.2) is 37.7 Å². The maximum absolute atomic E-state index is 12.5. The summed E-state index contributed by atoms with van der Waals surface area (Å²) in [6, 6.07) is 20.4. The lowest BCUT2D eigenvalue weighted by Gasteiger charge is -2.19. The molecule has 0 aliphatic carbocycles. The normalized spacial score (nSPS) is 12.2. The highest BCUT2D eigenvalue weighted by molar-refractivity contribution is 5.86. The fourth-order valence-corrected chi connectivity index (χ4v) is 4.78. The lowest BCUT2D eigenvalue weighted by molar-refractivity contribution is -0.127. The smallest absolute Gasteiger partial charge is 0.240 e. The Morgan fingerprint density at radius 2 is 1.68 bits per heavy atom. The van der Waals surface area contributed by atoms with E-state index in [0.717, 1.165) is 47.5 Å². The van der Waals surface area contributed by atoms with Crippen molar-refractivity contribution in [2.24, 2.45) is 5.73 Å². The number of unbranched alkanes of at least 4 members (excludes halogenated alkanes) is 2. The Morgan fingerprint density at radius 1 is 0.951 bits per heavy atom. The Bertz CT molecular complexity index is 1450. The molecule has 0 radical (unpaired) electrons. The summed E-state index contributed by atoms with van der Waals surface area (Å²) in [6.45, 7) is 6.62. The van der Waals surface area contributed by atoms with Crippen molar-refractivity contribution >= 4 is 11.8 Å². The predicted molar refractivity (Wildman–Crippen MR) is 161 cm³/mol. The second-order valence-electron chi connectivity index (χ2n) is 11.4. The second-order valence-corrected chi connectivity index (χ2v) is 11.4. The molecule has 0 saturated carbocycles. The average molecular weight is 554 g/mol. The quantitative estimate of drug-likeness (QED) is 0.207. The number of nitrogens with one attached hydrogen (secondary N) is 1. The molecule has 4 rings (SSSR count). The minimum absolute atomic E-state index is 0.0868. The van der Waals surface area contributed by atoms with Crippen molar-refractivity contribution in [1.29, 1.82) is 0 Å². The van der Waals surface area contributed by atoms with E-state index in [2.05, 4.69) is 66.5 Å². The second kappa shape index (κ2) is 13.3. The van der Waals surface area contributed by atoms with Gasteiger partial charge in [0.25, 0.3) is 0 Å². The fourth-order valence-electron chi connectivity index (χ4n) is 4.78. The van der Waals surface area contributed by atoms with E-state index in [1.807, 2.05) is 16.8 Å². The summed E-state index contributed by atoms with van der Waals surface area (Å²) in [5.74, 6) is 0.149. The van der Waals surface area contributed by atoms with E-state index >= 15 is 0 Å². The molecule has 0 fully saturated rings. The number of benzene rings is 2. The molecule has 2 heterocycles. The van der Waals surface area contributed by atoms with Crippen LogP contribution in [0.4, 0.5) is 0 Å². The van der Waals surface area contributed by atoms with Gasteiger partial charge in [-0.1, -0.05) is 63.6 Å². The molecule has 4 aromatic rings. The van der Waals surface area contributed by atoms with Crippen LogP contribution in [0.5, 0.6) is 5.75 Å². The number of amides is 2. The van der Waals surface area contributed by atoms with Gasteiger partial charge in [0.15, 0.2) is 5.82 Å². The molecular formula is C33H39N5O3. The first-order chi connectivity index (χ1) is 19.6. The van der Waals surface area contributed by atoms with Crippen LogP contribution < -0.4 is 11.1 Å². The summed E-state index contributed by atoms with van der Waals surface area (Å²) < 4.78 is 1.90. The number of phenolic OH excluding ortho intramolecular Hbond substituents is 1. The van der Waals surface area contributed by atoms with E-state index in [9.17, 15) is 14.7 Å². The zero-order valence-electron chi connectivity index (χ0n) is 24.0. The Hall–Kier alpha value is -4.46. The van der Waals surface area contributed by atoms with Gasteiger partial charge in [0, 0.05) is 36.5 Å². The van der Waals surface area contributed by atoms with E-state index in [1.54, 1.807) is 36.7 Å². The predicted octanol–water partition coefficient (Wildman–Crippen LogP) is 5.25. The topological polar surface area (TPSA) is 123 Å². The van der Waals surface area contributed by atoms with E-state index < -0.39 is 11.9 Å². The zero-order chi connectivity index (χ0) is 29.4. The minimum Gasteiger partial charge on any atom is -0.508 e. The number of nitrogens with two attached hydrogens (primary N) is 1. The van der Waals surface area contributed by atoms with Gasteiger partial charge >= 0.3 is 0 Å². The van der Waals surface area contributed by atoms with Crippen molar-refractivity contribution in [3.63, 3.8) is 0 Å². The van der Waals surface area contributed by atoms with E-state index in [4.69, 9.17) is 5.73 Å². The average Bonchev–Trinajstić information content (AvgIpc) is 3.41. The molecule has 1 atom stereocenters. The first kappa shape index (κ1) is 29.5. The van der Waals surface area contributed by atoms with Crippen molar-refractivity contribution in [3.8, 4) is 22.7 Å². The number of hydrogen-bond donors (Lipinski definition) is 3.